The van der Waals surface area contributed by atoms with Crippen LogP contribution in [0.3, 0.4) is 0 Å². The van der Waals surface area contributed by atoms with Crippen molar-refractivity contribution in [2.24, 2.45) is 5.73 Å². The summed E-state index contributed by atoms with van der Waals surface area (Å²) in [7, 11) is 0. The maximum atomic E-state index is 5.55. The van der Waals surface area contributed by atoms with Crippen LogP contribution in [0, 0.1) is 0 Å². The second-order valence-corrected chi connectivity index (χ2v) is 2.12. The van der Waals surface area contributed by atoms with E-state index in [2.05, 4.69) is 12.2 Å². The zero-order valence-corrected chi connectivity index (χ0v) is 4.02. The topological polar surface area (TPSA) is 26.0 Å². The Balaban J connectivity index is 2.28. The number of nitrogens with two attached hydrogens (primary N) is 1. The predicted molar refractivity (Wildman–Crippen MR) is 28.8 cm³/mol. The quantitative estimate of drug-likeness (QED) is 0.466. The second kappa shape index (κ2) is 0.819. The van der Waals surface area contributed by atoms with Crippen molar-refractivity contribution >= 4 is 0 Å². The summed E-state index contributed by atoms with van der Waals surface area (Å²) in [5.74, 6) is 0. The maximum absolute atomic E-state index is 5.55. The first-order valence-corrected chi connectivity index (χ1v) is 2.54. The normalized spacial score (nSPS) is 34.1. The monoisotopic (exact) mass is 93.1 g/mol. The fraction of sp³-hybridized carbons (Fsp3) is 0.333. The molecule has 0 radical (unpaired) electrons. The molecule has 0 unspecified atom stereocenters. The Kier molecular flexibility index (Phi) is 0.403. The Morgan fingerprint density at radius 1 is 1.57 bits per heavy atom. The van der Waals surface area contributed by atoms with Gasteiger partial charge in [0, 0.05) is 6.04 Å². The van der Waals surface area contributed by atoms with Crippen molar-refractivity contribution < 1.29 is 0 Å². The van der Waals surface area contributed by atoms with E-state index < -0.39 is 0 Å². The molecule has 0 spiro atoms. The predicted octanol–water partition coefficient (Wildman–Crippen LogP) is 0.584. The Labute approximate surface area is 42.5 Å². The van der Waals surface area contributed by atoms with Crippen LogP contribution in [0.2, 0.25) is 0 Å². The second-order valence-electron chi connectivity index (χ2n) is 2.12. The van der Waals surface area contributed by atoms with Gasteiger partial charge in [-0.1, -0.05) is 12.2 Å². The van der Waals surface area contributed by atoms with E-state index >= 15 is 0 Å². The first-order chi connectivity index (χ1) is 3.38. The number of hydrogen-bond donors (Lipinski definition) is 1. The van der Waals surface area contributed by atoms with Gasteiger partial charge < -0.3 is 5.73 Å². The molecule has 2 N–H and O–H groups in total. The summed E-state index contributed by atoms with van der Waals surface area (Å²) >= 11 is 0. The van der Waals surface area contributed by atoms with Crippen molar-refractivity contribution in [3.63, 3.8) is 0 Å². The highest BCUT2D eigenvalue weighted by molar-refractivity contribution is 5.56. The summed E-state index contributed by atoms with van der Waals surface area (Å²) < 4.78 is 0. The van der Waals surface area contributed by atoms with Gasteiger partial charge >= 0.3 is 0 Å². The van der Waals surface area contributed by atoms with E-state index in [4.69, 9.17) is 5.73 Å². The third-order valence-corrected chi connectivity index (χ3v) is 1.67. The van der Waals surface area contributed by atoms with Gasteiger partial charge in [-0.3, -0.25) is 0 Å². The highest BCUT2D eigenvalue weighted by atomic mass is 14.7. The summed E-state index contributed by atoms with van der Waals surface area (Å²) in [5.41, 5.74) is 8.42. The molecular weight excluding hydrogens is 86.1 g/mol. The smallest absolute Gasteiger partial charge is 0.0338 e. The van der Waals surface area contributed by atoms with Crippen molar-refractivity contribution in [1.82, 2.24) is 0 Å². The van der Waals surface area contributed by atoms with E-state index in [9.17, 15) is 0 Å². The third kappa shape index (κ3) is 0.238. The molecule has 0 aromatic carbocycles. The molecule has 1 saturated carbocycles. The lowest BCUT2D eigenvalue weighted by molar-refractivity contribution is 0.659. The van der Waals surface area contributed by atoms with E-state index in [1.54, 1.807) is 0 Å². The lowest BCUT2D eigenvalue weighted by atomic mass is 9.74. The van der Waals surface area contributed by atoms with Gasteiger partial charge in [-0.25, -0.2) is 0 Å². The fourth-order valence-corrected chi connectivity index (χ4v) is 1.06. The zero-order chi connectivity index (χ0) is 4.85. The van der Waals surface area contributed by atoms with Gasteiger partial charge in [-0.15, -0.1) is 0 Å². The van der Waals surface area contributed by atoms with Gasteiger partial charge in [0.25, 0.3) is 0 Å². The van der Waals surface area contributed by atoms with Crippen LogP contribution >= 0.6 is 0 Å². The van der Waals surface area contributed by atoms with Gasteiger partial charge in [-0.2, -0.15) is 0 Å². The lowest BCUT2D eigenvalue weighted by Crippen LogP contribution is -2.36. The molecule has 0 bridgehead atoms. The highest BCUT2D eigenvalue weighted by Gasteiger charge is 2.28. The van der Waals surface area contributed by atoms with E-state index in [1.165, 1.54) is 11.1 Å². The maximum Gasteiger partial charge on any atom is 0.0338 e. The Morgan fingerprint density at radius 3 is 2.43 bits per heavy atom. The Bertz CT molecular complexity index is 165. The molecule has 0 aliphatic heterocycles. The molecule has 2 aliphatic rings. The van der Waals surface area contributed by atoms with Crippen LogP contribution in [-0.4, -0.2) is 6.04 Å². The largest absolute Gasteiger partial charge is 0.324 e. The summed E-state index contributed by atoms with van der Waals surface area (Å²) in [6.45, 7) is 0. The molecule has 1 heteroatoms. The van der Waals surface area contributed by atoms with Crippen molar-refractivity contribution in [2.75, 3.05) is 0 Å². The molecule has 7 heavy (non-hydrogen) atoms. The van der Waals surface area contributed by atoms with Gasteiger partial charge in [-0.05, 0) is 17.6 Å². The highest BCUT2D eigenvalue weighted by Crippen LogP contribution is 2.37. The van der Waals surface area contributed by atoms with Crippen LogP contribution in [0.1, 0.15) is 6.42 Å². The average Bonchev–Trinajstić information content (AvgIpc) is 1.59. The van der Waals surface area contributed by atoms with E-state index in [-0.39, 0.29) is 0 Å². The minimum absolute atomic E-state index is 0.389. The summed E-state index contributed by atoms with van der Waals surface area (Å²) in [5, 5.41) is 0. The molecule has 2 aliphatic carbocycles. The van der Waals surface area contributed by atoms with E-state index in [0.29, 0.717) is 6.04 Å². The average molecular weight is 93.1 g/mol. The number of rotatable bonds is 0. The first-order valence-electron chi connectivity index (χ1n) is 2.54. The first kappa shape index (κ1) is 3.44. The number of hydrogen-bond acceptors (Lipinski definition) is 1. The van der Waals surface area contributed by atoms with Crippen LogP contribution in [0.4, 0.5) is 0 Å². The van der Waals surface area contributed by atoms with E-state index in [0.717, 1.165) is 6.42 Å². The van der Waals surface area contributed by atoms with Gasteiger partial charge in [0.05, 0.1) is 0 Å². The molecule has 0 heterocycles. The summed E-state index contributed by atoms with van der Waals surface area (Å²) in [6.07, 6.45) is 5.36. The van der Waals surface area contributed by atoms with Crippen molar-refractivity contribution in [3.05, 3.63) is 23.3 Å². The minimum Gasteiger partial charge on any atom is -0.324 e. The molecule has 1 nitrogen and oxygen atoms in total. The minimum atomic E-state index is 0.389. The molecule has 1 fully saturated rings. The van der Waals surface area contributed by atoms with Crippen LogP contribution in [0.25, 0.3) is 0 Å². The molecule has 0 aromatic rings. The third-order valence-electron chi connectivity index (χ3n) is 1.67. The molecule has 0 aromatic heterocycles. The molecular formula is C6H7N. The standard InChI is InChI=1S/C6H7N/c7-6-3-4-1-2-5(4)6/h1-2,6H,3,7H2/t6-/m1/s1. The van der Waals surface area contributed by atoms with Crippen LogP contribution < -0.4 is 5.73 Å². The zero-order valence-electron chi connectivity index (χ0n) is 4.02. The number of allylic oxidation sites excluding steroid dienone is 2. The van der Waals surface area contributed by atoms with Crippen LogP contribution in [-0.2, 0) is 0 Å². The fourth-order valence-electron chi connectivity index (χ4n) is 1.06. The van der Waals surface area contributed by atoms with E-state index in [1.807, 2.05) is 0 Å². The molecule has 0 saturated heterocycles. The van der Waals surface area contributed by atoms with Crippen LogP contribution in [0.15, 0.2) is 23.3 Å². The van der Waals surface area contributed by atoms with Crippen molar-refractivity contribution in [2.45, 2.75) is 12.5 Å². The lowest BCUT2D eigenvalue weighted by Gasteiger charge is -2.34. The van der Waals surface area contributed by atoms with Crippen LogP contribution in [0.5, 0.6) is 0 Å². The van der Waals surface area contributed by atoms with Gasteiger partial charge in [0.1, 0.15) is 0 Å². The number of fused-ring (bicyclic) bond motifs is 1. The summed E-state index contributed by atoms with van der Waals surface area (Å²) in [4.78, 5) is 0. The molecule has 1 atom stereocenters. The molecule has 2 rings (SSSR count). The SMILES string of the molecule is N[C@@H]1CC2=CC=C21. The molecule has 36 valence electrons. The Hall–Kier alpha value is -0.560. The van der Waals surface area contributed by atoms with Gasteiger partial charge in [0.2, 0.25) is 0 Å². The summed E-state index contributed by atoms with van der Waals surface area (Å²) in [6, 6.07) is 0.389. The Morgan fingerprint density at radius 2 is 2.43 bits per heavy atom. The van der Waals surface area contributed by atoms with Crippen molar-refractivity contribution in [3.8, 4) is 0 Å². The molecule has 0 amide bonds. The van der Waals surface area contributed by atoms with Gasteiger partial charge in [0.15, 0.2) is 0 Å². The van der Waals surface area contributed by atoms with Crippen molar-refractivity contribution in [1.29, 1.82) is 0 Å².